The number of hydrogen-bond acceptors (Lipinski definition) is 1. The Morgan fingerprint density at radius 1 is 1.36 bits per heavy atom. The van der Waals surface area contributed by atoms with E-state index in [1.807, 2.05) is 0 Å². The van der Waals surface area contributed by atoms with Crippen molar-refractivity contribution in [2.75, 3.05) is 0 Å². The zero-order valence-corrected chi connectivity index (χ0v) is 7.70. The molecule has 0 aromatic carbocycles. The lowest BCUT2D eigenvalue weighted by molar-refractivity contribution is 0.724. The average Bonchev–Trinajstić information content (AvgIpc) is 2.24. The molecule has 1 aliphatic rings. The molecule has 0 saturated heterocycles. The third kappa shape index (κ3) is 1.32. The number of rotatable bonds is 2. The fraction of sp³-hybridized carbons (Fsp3) is 0.600. The van der Waals surface area contributed by atoms with Crippen LogP contribution in [-0.2, 0) is 0 Å². The maximum absolute atomic E-state index is 3.99. The second-order valence-corrected chi connectivity index (χ2v) is 3.06. The first-order chi connectivity index (χ1) is 5.20. The van der Waals surface area contributed by atoms with E-state index in [1.54, 1.807) is 0 Å². The van der Waals surface area contributed by atoms with Crippen LogP contribution in [-0.4, -0.2) is 6.04 Å². The van der Waals surface area contributed by atoms with Gasteiger partial charge in [0.05, 0.1) is 0 Å². The summed E-state index contributed by atoms with van der Waals surface area (Å²) in [7, 11) is 0. The molecule has 1 N–H and O–H groups in total. The molecule has 1 heteroatoms. The normalized spacial score (nSPS) is 24.3. The number of hydrogen-bond donors (Lipinski definition) is 1. The Hall–Kier alpha value is -0.720. The summed E-state index contributed by atoms with van der Waals surface area (Å²) < 4.78 is 0. The molecule has 1 unspecified atom stereocenters. The van der Waals surface area contributed by atoms with E-state index in [4.69, 9.17) is 0 Å². The van der Waals surface area contributed by atoms with Crippen LogP contribution >= 0.6 is 0 Å². The highest BCUT2D eigenvalue weighted by Crippen LogP contribution is 2.27. The average molecular weight is 151 g/mol. The van der Waals surface area contributed by atoms with Crippen molar-refractivity contribution < 1.29 is 0 Å². The lowest BCUT2D eigenvalue weighted by Gasteiger charge is -2.06. The van der Waals surface area contributed by atoms with Gasteiger partial charge in [-0.25, -0.2) is 0 Å². The van der Waals surface area contributed by atoms with E-state index in [1.165, 1.54) is 11.1 Å². The van der Waals surface area contributed by atoms with Crippen molar-refractivity contribution in [1.82, 2.24) is 5.32 Å². The summed E-state index contributed by atoms with van der Waals surface area (Å²) in [6, 6.07) is 0.516. The van der Waals surface area contributed by atoms with Gasteiger partial charge in [-0.05, 0) is 30.9 Å². The third-order valence-electron chi connectivity index (χ3n) is 2.40. The number of allylic oxidation sites excluding steroid dienone is 1. The summed E-state index contributed by atoms with van der Waals surface area (Å²) in [6.45, 7) is 10.6. The van der Waals surface area contributed by atoms with Crippen LogP contribution in [0.2, 0.25) is 0 Å². The minimum Gasteiger partial charge on any atom is -0.379 e. The Labute approximate surface area is 69.2 Å². The monoisotopic (exact) mass is 151 g/mol. The summed E-state index contributed by atoms with van der Waals surface area (Å²) in [5, 5.41) is 3.35. The van der Waals surface area contributed by atoms with Gasteiger partial charge in [0.1, 0.15) is 0 Å². The van der Waals surface area contributed by atoms with Gasteiger partial charge in [-0.1, -0.05) is 20.4 Å². The highest BCUT2D eigenvalue weighted by atomic mass is 14.9. The van der Waals surface area contributed by atoms with Gasteiger partial charge in [0, 0.05) is 11.7 Å². The molecule has 0 aromatic rings. The largest absolute Gasteiger partial charge is 0.379 e. The molecule has 1 aliphatic heterocycles. The molecule has 1 heterocycles. The predicted molar refractivity (Wildman–Crippen MR) is 49.3 cm³/mol. The zero-order valence-electron chi connectivity index (χ0n) is 7.70. The second-order valence-electron chi connectivity index (χ2n) is 3.06. The molecule has 0 radical (unpaired) electrons. The zero-order chi connectivity index (χ0) is 8.43. The Kier molecular flexibility index (Phi) is 2.38. The van der Waals surface area contributed by atoms with Gasteiger partial charge in [-0.15, -0.1) is 0 Å². The summed E-state index contributed by atoms with van der Waals surface area (Å²) in [6.07, 6.45) is 2.26. The topological polar surface area (TPSA) is 12.0 Å². The van der Waals surface area contributed by atoms with E-state index < -0.39 is 0 Å². The molecule has 1 rings (SSSR count). The third-order valence-corrected chi connectivity index (χ3v) is 2.40. The summed E-state index contributed by atoms with van der Waals surface area (Å²) in [4.78, 5) is 0. The fourth-order valence-corrected chi connectivity index (χ4v) is 1.85. The van der Waals surface area contributed by atoms with E-state index in [2.05, 4.69) is 32.7 Å². The van der Waals surface area contributed by atoms with Gasteiger partial charge in [0.25, 0.3) is 0 Å². The van der Waals surface area contributed by atoms with Crippen LogP contribution in [0.3, 0.4) is 0 Å². The molecule has 0 fully saturated rings. The maximum atomic E-state index is 3.99. The molecule has 11 heavy (non-hydrogen) atoms. The van der Waals surface area contributed by atoms with E-state index >= 15 is 0 Å². The Bertz CT molecular complexity index is 201. The van der Waals surface area contributed by atoms with Crippen LogP contribution in [0.25, 0.3) is 0 Å². The van der Waals surface area contributed by atoms with Crippen LogP contribution in [0.15, 0.2) is 23.4 Å². The predicted octanol–water partition coefficient (Wildman–Crippen LogP) is 2.61. The first-order valence-electron chi connectivity index (χ1n) is 4.38. The van der Waals surface area contributed by atoms with Gasteiger partial charge >= 0.3 is 0 Å². The Balaban J connectivity index is 2.92. The standard InChI is InChI=1S/C10H17N/c1-5-9-7(3)11-8(4)10(9)6-2/h8,11H,3,5-6H2,1-2,4H3. The maximum Gasteiger partial charge on any atom is 0.0451 e. The lowest BCUT2D eigenvalue weighted by atomic mass is 10.0. The van der Waals surface area contributed by atoms with E-state index in [-0.39, 0.29) is 0 Å². The highest BCUT2D eigenvalue weighted by Gasteiger charge is 2.20. The van der Waals surface area contributed by atoms with Crippen molar-refractivity contribution in [2.45, 2.75) is 39.7 Å². The first kappa shape index (κ1) is 8.38. The van der Waals surface area contributed by atoms with Crippen molar-refractivity contribution in [3.8, 4) is 0 Å². The summed E-state index contributed by atoms with van der Waals surface area (Å²) >= 11 is 0. The van der Waals surface area contributed by atoms with Crippen LogP contribution < -0.4 is 5.32 Å². The van der Waals surface area contributed by atoms with Crippen molar-refractivity contribution in [1.29, 1.82) is 0 Å². The van der Waals surface area contributed by atoms with Gasteiger partial charge in [-0.3, -0.25) is 0 Å². The molecule has 1 atom stereocenters. The van der Waals surface area contributed by atoms with Gasteiger partial charge in [-0.2, -0.15) is 0 Å². The molecular formula is C10H17N. The SMILES string of the molecule is C=C1NC(C)C(CC)=C1CC. The molecule has 1 nitrogen and oxygen atoms in total. The molecule has 0 amide bonds. The highest BCUT2D eigenvalue weighted by molar-refractivity contribution is 5.40. The first-order valence-corrected chi connectivity index (χ1v) is 4.38. The Morgan fingerprint density at radius 3 is 2.36 bits per heavy atom. The summed E-state index contributed by atoms with van der Waals surface area (Å²) in [5.41, 5.74) is 4.12. The van der Waals surface area contributed by atoms with Crippen LogP contribution in [0, 0.1) is 0 Å². The fourth-order valence-electron chi connectivity index (χ4n) is 1.85. The quantitative estimate of drug-likeness (QED) is 0.639. The minimum atomic E-state index is 0.516. The second kappa shape index (κ2) is 3.12. The van der Waals surface area contributed by atoms with Gasteiger partial charge < -0.3 is 5.32 Å². The molecule has 0 aromatic heterocycles. The molecule has 0 aliphatic carbocycles. The van der Waals surface area contributed by atoms with E-state index in [0.717, 1.165) is 18.5 Å². The van der Waals surface area contributed by atoms with Crippen LogP contribution in [0.4, 0.5) is 0 Å². The molecule has 62 valence electrons. The smallest absolute Gasteiger partial charge is 0.0451 e. The van der Waals surface area contributed by atoms with Gasteiger partial charge in [0.15, 0.2) is 0 Å². The van der Waals surface area contributed by atoms with Crippen molar-refractivity contribution in [3.63, 3.8) is 0 Å². The lowest BCUT2D eigenvalue weighted by Crippen LogP contribution is -2.18. The van der Waals surface area contributed by atoms with Crippen LogP contribution in [0.1, 0.15) is 33.6 Å². The van der Waals surface area contributed by atoms with Crippen LogP contribution in [0.5, 0.6) is 0 Å². The molecule has 0 bridgehead atoms. The molecule has 0 spiro atoms. The van der Waals surface area contributed by atoms with E-state index in [9.17, 15) is 0 Å². The van der Waals surface area contributed by atoms with Crippen molar-refractivity contribution >= 4 is 0 Å². The van der Waals surface area contributed by atoms with Crippen molar-refractivity contribution in [3.05, 3.63) is 23.4 Å². The molecule has 0 saturated carbocycles. The van der Waals surface area contributed by atoms with E-state index in [0.29, 0.717) is 6.04 Å². The van der Waals surface area contributed by atoms with Gasteiger partial charge in [0.2, 0.25) is 0 Å². The summed E-state index contributed by atoms with van der Waals surface area (Å²) in [5.74, 6) is 0. The Morgan fingerprint density at radius 2 is 2.00 bits per heavy atom. The van der Waals surface area contributed by atoms with Crippen molar-refractivity contribution in [2.24, 2.45) is 0 Å². The minimum absolute atomic E-state index is 0.516. The number of nitrogens with one attached hydrogen (secondary N) is 1. The molecular weight excluding hydrogens is 134 g/mol.